The van der Waals surface area contributed by atoms with Crippen LogP contribution in [0.15, 0.2) is 89.9 Å². The molecule has 4 aromatic carbocycles. The van der Waals surface area contributed by atoms with Gasteiger partial charge < -0.3 is 14.2 Å². The van der Waals surface area contributed by atoms with Crippen LogP contribution in [0.25, 0.3) is 11.1 Å². The molecular formula is C29H22BNO3. The molecule has 0 fully saturated rings. The molecule has 0 aromatic heterocycles. The minimum Gasteiger partial charge on any atom is -0.475 e. The number of ether oxygens (including phenoxy) is 3. The minimum atomic E-state index is -0.196. The average Bonchev–Trinajstić information content (AvgIpc) is 3.23. The zero-order valence-electron chi connectivity index (χ0n) is 19.0. The SMILES string of the molecule is CC1(C)COC(c2cccc(-c3cc4c5c(c3)Oc3ccccc3B5c3ccccc3O4)c2)=N1. The van der Waals surface area contributed by atoms with E-state index < -0.39 is 0 Å². The smallest absolute Gasteiger partial charge is 0.260 e. The molecule has 0 spiro atoms. The van der Waals surface area contributed by atoms with Crippen molar-refractivity contribution in [3.63, 3.8) is 0 Å². The quantitative estimate of drug-likeness (QED) is 0.366. The molecule has 164 valence electrons. The van der Waals surface area contributed by atoms with E-state index in [2.05, 4.69) is 62.4 Å². The maximum atomic E-state index is 6.43. The summed E-state index contributed by atoms with van der Waals surface area (Å²) in [6, 6.07) is 29.1. The molecule has 0 bridgehead atoms. The molecule has 3 heterocycles. The van der Waals surface area contributed by atoms with Gasteiger partial charge in [-0.3, -0.25) is 0 Å². The van der Waals surface area contributed by atoms with E-state index in [4.69, 9.17) is 19.2 Å². The van der Waals surface area contributed by atoms with Crippen molar-refractivity contribution in [3.8, 4) is 34.1 Å². The highest BCUT2D eigenvalue weighted by Gasteiger charge is 2.40. The fourth-order valence-corrected chi connectivity index (χ4v) is 5.12. The van der Waals surface area contributed by atoms with Crippen LogP contribution in [-0.4, -0.2) is 24.8 Å². The lowest BCUT2D eigenvalue weighted by atomic mass is 9.35. The fraction of sp³-hybridized carbons (Fsp3) is 0.138. The third-order valence-electron chi connectivity index (χ3n) is 6.70. The van der Waals surface area contributed by atoms with Crippen LogP contribution in [0.2, 0.25) is 0 Å². The van der Waals surface area contributed by atoms with Gasteiger partial charge in [-0.15, -0.1) is 0 Å². The van der Waals surface area contributed by atoms with Gasteiger partial charge in [0.1, 0.15) is 29.6 Å². The molecule has 5 heteroatoms. The molecule has 0 atom stereocenters. The van der Waals surface area contributed by atoms with Crippen LogP contribution in [0.4, 0.5) is 0 Å². The number of hydrogen-bond acceptors (Lipinski definition) is 4. The number of hydrogen-bond donors (Lipinski definition) is 0. The highest BCUT2D eigenvalue weighted by Crippen LogP contribution is 2.38. The molecule has 4 aromatic rings. The molecule has 0 unspecified atom stereocenters. The van der Waals surface area contributed by atoms with E-state index in [-0.39, 0.29) is 12.3 Å². The summed E-state index contributed by atoms with van der Waals surface area (Å²) in [7, 11) is 0. The van der Waals surface area contributed by atoms with Crippen LogP contribution in [0.3, 0.4) is 0 Å². The Morgan fingerprint density at radius 1 is 0.676 bits per heavy atom. The summed E-state index contributed by atoms with van der Waals surface area (Å²) in [5, 5.41) is 0. The third kappa shape index (κ3) is 2.97. The maximum absolute atomic E-state index is 6.43. The van der Waals surface area contributed by atoms with Gasteiger partial charge in [-0.1, -0.05) is 48.5 Å². The van der Waals surface area contributed by atoms with Crippen LogP contribution in [-0.2, 0) is 4.74 Å². The summed E-state index contributed by atoms with van der Waals surface area (Å²) in [5.74, 6) is 4.16. The van der Waals surface area contributed by atoms with Crippen LogP contribution in [0, 0.1) is 0 Å². The number of rotatable bonds is 2. The molecule has 0 aliphatic carbocycles. The largest absolute Gasteiger partial charge is 0.475 e. The van der Waals surface area contributed by atoms with E-state index in [0.717, 1.165) is 45.2 Å². The first kappa shape index (κ1) is 19.5. The summed E-state index contributed by atoms with van der Waals surface area (Å²) < 4.78 is 18.7. The van der Waals surface area contributed by atoms with Crippen molar-refractivity contribution < 1.29 is 14.2 Å². The summed E-state index contributed by atoms with van der Waals surface area (Å²) in [6.45, 7) is 4.85. The van der Waals surface area contributed by atoms with E-state index in [1.54, 1.807) is 0 Å². The minimum absolute atomic E-state index is 0.0868. The Kier molecular flexibility index (Phi) is 4.01. The van der Waals surface area contributed by atoms with Crippen molar-refractivity contribution in [2.24, 2.45) is 4.99 Å². The maximum Gasteiger partial charge on any atom is 0.260 e. The predicted molar refractivity (Wildman–Crippen MR) is 136 cm³/mol. The summed E-state index contributed by atoms with van der Waals surface area (Å²) in [6.07, 6.45) is 0. The van der Waals surface area contributed by atoms with E-state index >= 15 is 0 Å². The Morgan fingerprint density at radius 3 is 1.91 bits per heavy atom. The number of nitrogens with zero attached hydrogens (tertiary/aromatic N) is 1. The summed E-state index contributed by atoms with van der Waals surface area (Å²) in [5.41, 5.74) is 6.30. The lowest BCUT2D eigenvalue weighted by Crippen LogP contribution is -2.57. The molecule has 0 radical (unpaired) electrons. The number of aliphatic imine (C=N–C) groups is 1. The molecule has 0 amide bonds. The van der Waals surface area contributed by atoms with E-state index in [9.17, 15) is 0 Å². The van der Waals surface area contributed by atoms with Gasteiger partial charge in [0.05, 0.1) is 5.54 Å². The number of para-hydroxylation sites is 2. The molecular weight excluding hydrogens is 421 g/mol. The van der Waals surface area contributed by atoms with Gasteiger partial charge >= 0.3 is 0 Å². The van der Waals surface area contributed by atoms with Gasteiger partial charge in [-0.05, 0) is 72.3 Å². The van der Waals surface area contributed by atoms with Gasteiger partial charge in [0, 0.05) is 11.0 Å². The van der Waals surface area contributed by atoms with Crippen molar-refractivity contribution >= 4 is 29.0 Å². The van der Waals surface area contributed by atoms with E-state index in [1.165, 1.54) is 10.9 Å². The highest BCUT2D eigenvalue weighted by molar-refractivity contribution is 6.98. The van der Waals surface area contributed by atoms with Crippen molar-refractivity contribution in [2.45, 2.75) is 19.4 Å². The first-order valence-electron chi connectivity index (χ1n) is 11.6. The van der Waals surface area contributed by atoms with Gasteiger partial charge in [-0.25, -0.2) is 4.99 Å². The molecule has 7 rings (SSSR count). The Hall–Kier alpha value is -3.99. The second-order valence-corrected chi connectivity index (χ2v) is 9.70. The first-order chi connectivity index (χ1) is 16.6. The average molecular weight is 443 g/mol. The predicted octanol–water partition coefficient (Wildman–Crippen LogP) is 4.64. The van der Waals surface area contributed by atoms with Gasteiger partial charge in [-0.2, -0.15) is 0 Å². The second kappa shape index (κ2) is 7.01. The van der Waals surface area contributed by atoms with Crippen LogP contribution >= 0.6 is 0 Å². The van der Waals surface area contributed by atoms with Crippen molar-refractivity contribution in [3.05, 3.63) is 90.5 Å². The third-order valence-corrected chi connectivity index (χ3v) is 6.70. The zero-order valence-corrected chi connectivity index (χ0v) is 19.0. The number of benzene rings is 4. The van der Waals surface area contributed by atoms with E-state index in [0.29, 0.717) is 12.5 Å². The first-order valence-corrected chi connectivity index (χ1v) is 11.6. The van der Waals surface area contributed by atoms with Crippen LogP contribution in [0.1, 0.15) is 19.4 Å². The van der Waals surface area contributed by atoms with Gasteiger partial charge in [0.25, 0.3) is 6.71 Å². The fourth-order valence-electron chi connectivity index (χ4n) is 5.12. The Balaban J connectivity index is 1.38. The molecule has 0 saturated heterocycles. The summed E-state index contributed by atoms with van der Waals surface area (Å²) >= 11 is 0. The molecule has 0 N–H and O–H groups in total. The molecule has 0 saturated carbocycles. The normalized spacial score (nSPS) is 16.3. The molecule has 34 heavy (non-hydrogen) atoms. The zero-order chi connectivity index (χ0) is 22.9. The lowest BCUT2D eigenvalue weighted by molar-refractivity contribution is 0.279. The van der Waals surface area contributed by atoms with Gasteiger partial charge in [0.15, 0.2) is 0 Å². The van der Waals surface area contributed by atoms with Crippen molar-refractivity contribution in [2.75, 3.05) is 6.61 Å². The number of fused-ring (bicyclic) bond motifs is 4. The van der Waals surface area contributed by atoms with Crippen molar-refractivity contribution in [1.82, 2.24) is 0 Å². The highest BCUT2D eigenvalue weighted by atomic mass is 16.5. The standard InChI is InChI=1S/C29H22BNO3/c1-29(2)17-32-28(31-29)19-9-7-8-18(14-19)20-15-25-27-26(16-20)34-24-13-6-4-11-22(24)30(27)21-10-3-5-12-23(21)33-25/h3-16H,17H2,1-2H3. The van der Waals surface area contributed by atoms with Crippen molar-refractivity contribution in [1.29, 1.82) is 0 Å². The van der Waals surface area contributed by atoms with E-state index in [1.807, 2.05) is 36.4 Å². The summed E-state index contributed by atoms with van der Waals surface area (Å²) in [4.78, 5) is 4.74. The van der Waals surface area contributed by atoms with Crippen LogP contribution in [0.5, 0.6) is 23.0 Å². The van der Waals surface area contributed by atoms with Crippen LogP contribution < -0.4 is 25.9 Å². The Morgan fingerprint density at radius 2 is 1.29 bits per heavy atom. The molecule has 3 aliphatic rings. The second-order valence-electron chi connectivity index (χ2n) is 9.70. The molecule has 4 nitrogen and oxygen atoms in total. The monoisotopic (exact) mass is 443 g/mol. The lowest BCUT2D eigenvalue weighted by Gasteiger charge is -2.33. The molecule has 3 aliphatic heterocycles. The van der Waals surface area contributed by atoms with Gasteiger partial charge in [0.2, 0.25) is 5.90 Å². The Labute approximate surface area is 198 Å². The Bertz CT molecular complexity index is 1440. The topological polar surface area (TPSA) is 40.0 Å².